The van der Waals surface area contributed by atoms with E-state index in [2.05, 4.69) is 24.1 Å². The highest BCUT2D eigenvalue weighted by Gasteiger charge is 2.24. The van der Waals surface area contributed by atoms with Crippen LogP contribution < -0.4 is 10.2 Å². The van der Waals surface area contributed by atoms with Gasteiger partial charge in [0.1, 0.15) is 0 Å². The van der Waals surface area contributed by atoms with Gasteiger partial charge in [0.15, 0.2) is 0 Å². The number of thioether (sulfide) groups is 1. The number of carbonyl (C=O) groups is 2. The predicted octanol–water partition coefficient (Wildman–Crippen LogP) is 2.86. The lowest BCUT2D eigenvalue weighted by atomic mass is 10.2. The van der Waals surface area contributed by atoms with Crippen LogP contribution in [0.25, 0.3) is 6.08 Å². The molecule has 0 aliphatic carbocycles. The van der Waals surface area contributed by atoms with E-state index in [9.17, 15) is 9.59 Å². The van der Waals surface area contributed by atoms with Gasteiger partial charge < -0.3 is 4.90 Å². The van der Waals surface area contributed by atoms with Gasteiger partial charge in [0.25, 0.3) is 11.1 Å². The van der Waals surface area contributed by atoms with Crippen LogP contribution in [0.3, 0.4) is 0 Å². The molecule has 1 aromatic rings. The summed E-state index contributed by atoms with van der Waals surface area (Å²) in [6.07, 6.45) is 1.73. The van der Waals surface area contributed by atoms with Gasteiger partial charge in [-0.2, -0.15) is 0 Å². The molecule has 4 nitrogen and oxygen atoms in total. The molecular weight excluding hydrogens is 260 g/mol. The summed E-state index contributed by atoms with van der Waals surface area (Å²) in [4.78, 5) is 25.2. The van der Waals surface area contributed by atoms with Crippen molar-refractivity contribution in [3.05, 3.63) is 34.7 Å². The summed E-state index contributed by atoms with van der Waals surface area (Å²) in [7, 11) is 0. The number of nitrogens with zero attached hydrogens (tertiary/aromatic N) is 1. The summed E-state index contributed by atoms with van der Waals surface area (Å²) in [6.45, 7) is 6.16. The monoisotopic (exact) mass is 276 g/mol. The molecule has 1 N–H and O–H groups in total. The Morgan fingerprint density at radius 2 is 1.79 bits per heavy atom. The smallest absolute Gasteiger partial charge is 0.290 e. The molecule has 5 heteroatoms. The van der Waals surface area contributed by atoms with Crippen LogP contribution in [0.5, 0.6) is 0 Å². The van der Waals surface area contributed by atoms with Gasteiger partial charge in [-0.15, -0.1) is 0 Å². The summed E-state index contributed by atoms with van der Waals surface area (Å²) in [6, 6.07) is 7.96. The SMILES string of the molecule is CCN(CC)c1ccc(C=C2SC(=O)NC2=O)cc1. The Balaban J connectivity index is 2.17. The van der Waals surface area contributed by atoms with Crippen LogP contribution in [0.2, 0.25) is 0 Å². The van der Waals surface area contributed by atoms with E-state index in [0.717, 1.165) is 36.1 Å². The van der Waals surface area contributed by atoms with E-state index < -0.39 is 0 Å². The molecule has 1 aromatic carbocycles. The lowest BCUT2D eigenvalue weighted by Crippen LogP contribution is -2.21. The fourth-order valence-corrected chi connectivity index (χ4v) is 2.62. The van der Waals surface area contributed by atoms with Gasteiger partial charge in [-0.25, -0.2) is 0 Å². The summed E-state index contributed by atoms with van der Waals surface area (Å²) in [5, 5.41) is 1.93. The van der Waals surface area contributed by atoms with Crippen LogP contribution in [-0.4, -0.2) is 24.2 Å². The zero-order valence-electron chi connectivity index (χ0n) is 11.0. The molecule has 1 saturated heterocycles. The summed E-state index contributed by atoms with van der Waals surface area (Å²) in [5.41, 5.74) is 2.08. The van der Waals surface area contributed by atoms with Crippen LogP contribution >= 0.6 is 11.8 Å². The van der Waals surface area contributed by atoms with Crippen LogP contribution in [0.1, 0.15) is 19.4 Å². The van der Waals surface area contributed by atoms with Crippen molar-refractivity contribution < 1.29 is 9.59 Å². The Morgan fingerprint density at radius 3 is 2.26 bits per heavy atom. The van der Waals surface area contributed by atoms with Gasteiger partial charge in [0, 0.05) is 18.8 Å². The number of anilines is 1. The minimum Gasteiger partial charge on any atom is -0.372 e. The molecule has 1 aliphatic rings. The van der Waals surface area contributed by atoms with Crippen molar-refractivity contribution in [2.24, 2.45) is 0 Å². The number of benzene rings is 1. The van der Waals surface area contributed by atoms with Gasteiger partial charge >= 0.3 is 0 Å². The Labute approximate surface area is 116 Å². The van der Waals surface area contributed by atoms with E-state index in [0.29, 0.717) is 4.91 Å². The molecule has 0 radical (unpaired) electrons. The quantitative estimate of drug-likeness (QED) is 0.859. The first-order chi connectivity index (χ1) is 9.13. The number of nitrogens with one attached hydrogen (secondary N) is 1. The number of hydrogen-bond acceptors (Lipinski definition) is 4. The first kappa shape index (κ1) is 13.7. The second kappa shape index (κ2) is 5.93. The Bertz CT molecular complexity index is 519. The van der Waals surface area contributed by atoms with E-state index in [1.807, 2.05) is 24.3 Å². The molecule has 0 bridgehead atoms. The van der Waals surface area contributed by atoms with E-state index in [4.69, 9.17) is 0 Å². The normalized spacial score (nSPS) is 16.8. The lowest BCUT2D eigenvalue weighted by Gasteiger charge is -2.20. The van der Waals surface area contributed by atoms with Crippen LogP contribution in [0.4, 0.5) is 10.5 Å². The second-order valence-electron chi connectivity index (χ2n) is 4.12. The maximum Gasteiger partial charge on any atom is 0.290 e. The first-order valence-electron chi connectivity index (χ1n) is 6.24. The molecule has 0 unspecified atom stereocenters. The standard InChI is InChI=1S/C14H16N2O2S/c1-3-16(4-2)11-7-5-10(6-8-11)9-12-13(17)15-14(18)19-12/h5-9H,3-4H2,1-2H3,(H,15,17,18). The zero-order valence-corrected chi connectivity index (χ0v) is 11.8. The van der Waals surface area contributed by atoms with E-state index in [1.54, 1.807) is 6.08 Å². The molecule has 0 spiro atoms. The molecule has 0 saturated carbocycles. The largest absolute Gasteiger partial charge is 0.372 e. The van der Waals surface area contributed by atoms with E-state index >= 15 is 0 Å². The van der Waals surface area contributed by atoms with Crippen LogP contribution in [-0.2, 0) is 4.79 Å². The molecular formula is C14H16N2O2S. The summed E-state index contributed by atoms with van der Waals surface area (Å²) < 4.78 is 0. The third kappa shape index (κ3) is 3.17. The van der Waals surface area contributed by atoms with Crippen molar-refractivity contribution in [1.29, 1.82) is 0 Å². The number of imide groups is 1. The molecule has 0 atom stereocenters. The van der Waals surface area contributed by atoms with Crippen LogP contribution in [0, 0.1) is 0 Å². The van der Waals surface area contributed by atoms with Gasteiger partial charge in [-0.1, -0.05) is 12.1 Å². The zero-order chi connectivity index (χ0) is 13.8. The topological polar surface area (TPSA) is 49.4 Å². The molecule has 0 aromatic heterocycles. The number of carbonyl (C=O) groups excluding carboxylic acids is 2. The lowest BCUT2D eigenvalue weighted by molar-refractivity contribution is -0.115. The molecule has 2 rings (SSSR count). The van der Waals surface area contributed by atoms with Gasteiger partial charge in [-0.3, -0.25) is 14.9 Å². The first-order valence-corrected chi connectivity index (χ1v) is 7.05. The molecule has 1 heterocycles. The molecule has 19 heavy (non-hydrogen) atoms. The fourth-order valence-electron chi connectivity index (χ4n) is 1.94. The Kier molecular flexibility index (Phi) is 4.27. The van der Waals surface area contributed by atoms with Crippen molar-refractivity contribution in [3.8, 4) is 0 Å². The van der Waals surface area contributed by atoms with Gasteiger partial charge in [0.05, 0.1) is 4.91 Å². The van der Waals surface area contributed by atoms with Crippen molar-refractivity contribution >= 4 is 34.7 Å². The average molecular weight is 276 g/mol. The van der Waals surface area contributed by atoms with E-state index in [-0.39, 0.29) is 11.1 Å². The third-order valence-corrected chi connectivity index (χ3v) is 3.77. The number of amides is 2. The molecule has 100 valence electrons. The summed E-state index contributed by atoms with van der Waals surface area (Å²) in [5.74, 6) is -0.317. The highest BCUT2D eigenvalue weighted by atomic mass is 32.2. The number of rotatable bonds is 4. The minimum absolute atomic E-state index is 0.309. The maximum atomic E-state index is 11.4. The summed E-state index contributed by atoms with van der Waals surface area (Å²) >= 11 is 0.939. The molecule has 1 aliphatic heterocycles. The highest BCUT2D eigenvalue weighted by molar-refractivity contribution is 8.18. The van der Waals surface area contributed by atoms with Crippen molar-refractivity contribution in [2.75, 3.05) is 18.0 Å². The molecule has 2 amide bonds. The van der Waals surface area contributed by atoms with Crippen molar-refractivity contribution in [1.82, 2.24) is 5.32 Å². The minimum atomic E-state index is -0.317. The Hall–Kier alpha value is -1.75. The maximum absolute atomic E-state index is 11.4. The third-order valence-electron chi connectivity index (χ3n) is 2.96. The number of hydrogen-bond donors (Lipinski definition) is 1. The van der Waals surface area contributed by atoms with Gasteiger partial charge in [-0.05, 0) is 49.4 Å². The fraction of sp³-hybridized carbons (Fsp3) is 0.286. The van der Waals surface area contributed by atoms with Crippen LogP contribution in [0.15, 0.2) is 29.2 Å². The average Bonchev–Trinajstić information content (AvgIpc) is 2.71. The van der Waals surface area contributed by atoms with E-state index in [1.165, 1.54) is 0 Å². The van der Waals surface area contributed by atoms with Crippen molar-refractivity contribution in [2.45, 2.75) is 13.8 Å². The molecule has 1 fully saturated rings. The highest BCUT2D eigenvalue weighted by Crippen LogP contribution is 2.26. The Morgan fingerprint density at radius 1 is 1.16 bits per heavy atom. The van der Waals surface area contributed by atoms with Crippen molar-refractivity contribution in [3.63, 3.8) is 0 Å². The van der Waals surface area contributed by atoms with Gasteiger partial charge in [0.2, 0.25) is 0 Å². The second-order valence-corrected chi connectivity index (χ2v) is 5.13. The predicted molar refractivity (Wildman–Crippen MR) is 79.1 cm³/mol.